The second kappa shape index (κ2) is 9.37. The van der Waals surface area contributed by atoms with Gasteiger partial charge in [-0.05, 0) is 24.5 Å². The van der Waals surface area contributed by atoms with Crippen molar-refractivity contribution in [1.29, 1.82) is 0 Å². The van der Waals surface area contributed by atoms with Gasteiger partial charge < -0.3 is 10.2 Å². The van der Waals surface area contributed by atoms with E-state index >= 15 is 0 Å². The minimum absolute atomic E-state index is 0. The number of aryl methyl sites for hydroxylation is 2. The molecule has 0 radical (unpaired) electrons. The van der Waals surface area contributed by atoms with Crippen LogP contribution in [0.4, 0.5) is 0 Å². The van der Waals surface area contributed by atoms with Crippen molar-refractivity contribution in [3.05, 3.63) is 51.5 Å². The summed E-state index contributed by atoms with van der Waals surface area (Å²) >= 11 is 1.43. The fourth-order valence-electron chi connectivity index (χ4n) is 2.86. The molecule has 132 valence electrons. The predicted octanol–water partition coefficient (Wildman–Crippen LogP) is 3.64. The van der Waals surface area contributed by atoms with Crippen LogP contribution in [0.3, 0.4) is 0 Å². The Morgan fingerprint density at radius 1 is 1.33 bits per heavy atom. The van der Waals surface area contributed by atoms with Gasteiger partial charge in [0.25, 0.3) is 5.91 Å². The van der Waals surface area contributed by atoms with Crippen LogP contribution in [0.2, 0.25) is 0 Å². The van der Waals surface area contributed by atoms with Crippen molar-refractivity contribution in [2.24, 2.45) is 0 Å². The average Bonchev–Trinajstić information content (AvgIpc) is 3.00. The number of aromatic nitrogens is 1. The normalized spacial score (nSPS) is 16.9. The van der Waals surface area contributed by atoms with Gasteiger partial charge in [-0.25, -0.2) is 4.98 Å². The summed E-state index contributed by atoms with van der Waals surface area (Å²) < 4.78 is 0. The summed E-state index contributed by atoms with van der Waals surface area (Å²) in [5, 5.41) is 3.40. The molecule has 0 spiro atoms. The van der Waals surface area contributed by atoms with Gasteiger partial charge in [0.05, 0.1) is 17.2 Å². The molecule has 1 aromatic heterocycles. The lowest BCUT2D eigenvalue weighted by atomic mass is 10.0. The molecular weight excluding hydrogens is 365 g/mol. The van der Waals surface area contributed by atoms with Gasteiger partial charge in [0.1, 0.15) is 4.88 Å². The highest BCUT2D eigenvalue weighted by molar-refractivity contribution is 7.11. The second-order valence-electron chi connectivity index (χ2n) is 5.58. The quantitative estimate of drug-likeness (QED) is 0.873. The zero-order chi connectivity index (χ0) is 15.5. The van der Waals surface area contributed by atoms with Crippen LogP contribution in [0.15, 0.2) is 29.8 Å². The molecule has 1 unspecified atom stereocenters. The molecule has 7 heteroatoms. The number of benzene rings is 1. The van der Waals surface area contributed by atoms with Crippen molar-refractivity contribution in [1.82, 2.24) is 15.2 Å². The van der Waals surface area contributed by atoms with Crippen LogP contribution in [0.25, 0.3) is 0 Å². The number of hydrogen-bond donors (Lipinski definition) is 1. The van der Waals surface area contributed by atoms with Crippen LogP contribution in [-0.4, -0.2) is 35.4 Å². The third kappa shape index (κ3) is 4.28. The lowest BCUT2D eigenvalue weighted by Gasteiger charge is -2.36. The number of carbonyl (C=O) groups is 1. The Labute approximate surface area is 159 Å². The first-order chi connectivity index (χ1) is 10.7. The molecule has 1 atom stereocenters. The lowest BCUT2D eigenvalue weighted by Crippen LogP contribution is -2.48. The molecule has 4 nitrogen and oxygen atoms in total. The Morgan fingerprint density at radius 3 is 2.62 bits per heavy atom. The van der Waals surface area contributed by atoms with Crippen molar-refractivity contribution in [3.63, 3.8) is 0 Å². The summed E-state index contributed by atoms with van der Waals surface area (Å²) in [5.41, 5.74) is 5.09. The number of nitrogens with one attached hydrogen (secondary N) is 1. The van der Waals surface area contributed by atoms with E-state index in [0.29, 0.717) is 0 Å². The van der Waals surface area contributed by atoms with E-state index in [0.717, 1.165) is 36.6 Å². The van der Waals surface area contributed by atoms with E-state index < -0.39 is 0 Å². The first-order valence-electron chi connectivity index (χ1n) is 7.71. The van der Waals surface area contributed by atoms with Crippen LogP contribution in [-0.2, 0) is 6.42 Å². The summed E-state index contributed by atoms with van der Waals surface area (Å²) in [4.78, 5) is 19.8. The lowest BCUT2D eigenvalue weighted by molar-refractivity contribution is 0.0638. The smallest absolute Gasteiger partial charge is 0.266 e. The largest absolute Gasteiger partial charge is 0.328 e. The summed E-state index contributed by atoms with van der Waals surface area (Å²) in [6.45, 7) is 6.43. The number of piperazine rings is 1. The minimum Gasteiger partial charge on any atom is -0.328 e. The molecule has 3 rings (SSSR count). The molecule has 1 aromatic carbocycles. The van der Waals surface area contributed by atoms with E-state index in [1.54, 1.807) is 5.51 Å². The molecule has 1 aliphatic heterocycles. The molecule has 0 bridgehead atoms. The standard InChI is InChI=1S/C17H21N3OS.2ClH/c1-3-13-4-6-14(7-5-13)15-10-18-8-9-20(15)17(21)16-12(2)19-11-22-16;;/h4-7,11,15,18H,3,8-10H2,1-2H3;2*1H. The Balaban J connectivity index is 0.00000144. The number of carbonyl (C=O) groups excluding carboxylic acids is 1. The van der Waals surface area contributed by atoms with Gasteiger partial charge in [0, 0.05) is 19.6 Å². The fourth-order valence-corrected chi connectivity index (χ4v) is 3.62. The van der Waals surface area contributed by atoms with Gasteiger partial charge in [-0.15, -0.1) is 36.2 Å². The van der Waals surface area contributed by atoms with E-state index in [4.69, 9.17) is 0 Å². The average molecular weight is 388 g/mol. The summed E-state index contributed by atoms with van der Waals surface area (Å²) in [6.07, 6.45) is 1.03. The number of rotatable bonds is 3. The maximum absolute atomic E-state index is 12.9. The molecule has 1 amide bonds. The first-order valence-corrected chi connectivity index (χ1v) is 8.59. The molecule has 1 fully saturated rings. The molecule has 1 saturated heterocycles. The van der Waals surface area contributed by atoms with Crippen molar-refractivity contribution >= 4 is 42.1 Å². The van der Waals surface area contributed by atoms with E-state index in [-0.39, 0.29) is 36.8 Å². The molecule has 1 aliphatic rings. The van der Waals surface area contributed by atoms with Gasteiger partial charge in [-0.3, -0.25) is 4.79 Å². The van der Waals surface area contributed by atoms with Crippen molar-refractivity contribution in [3.8, 4) is 0 Å². The maximum Gasteiger partial charge on any atom is 0.266 e. The van der Waals surface area contributed by atoms with E-state index in [1.807, 2.05) is 11.8 Å². The van der Waals surface area contributed by atoms with Gasteiger partial charge in [0.15, 0.2) is 0 Å². The molecule has 2 heterocycles. The third-order valence-corrected chi connectivity index (χ3v) is 5.13. The molecule has 1 N–H and O–H groups in total. The Hall–Kier alpha value is -1.14. The maximum atomic E-state index is 12.9. The van der Waals surface area contributed by atoms with Crippen LogP contribution >= 0.6 is 36.2 Å². The number of hydrogen-bond acceptors (Lipinski definition) is 4. The summed E-state index contributed by atoms with van der Waals surface area (Å²) in [7, 11) is 0. The zero-order valence-electron chi connectivity index (χ0n) is 13.8. The highest BCUT2D eigenvalue weighted by atomic mass is 35.5. The third-order valence-electron chi connectivity index (χ3n) is 4.22. The molecule has 0 saturated carbocycles. The van der Waals surface area contributed by atoms with Gasteiger partial charge in [-0.2, -0.15) is 0 Å². The molecule has 2 aromatic rings. The highest BCUT2D eigenvalue weighted by Gasteiger charge is 2.30. The SMILES string of the molecule is CCc1ccc(C2CNCCN2C(=O)c2scnc2C)cc1.Cl.Cl. The number of halogens is 2. The minimum atomic E-state index is 0. The van der Waals surface area contributed by atoms with Crippen LogP contribution in [0, 0.1) is 6.92 Å². The van der Waals surface area contributed by atoms with Crippen LogP contribution < -0.4 is 5.32 Å². The predicted molar refractivity (Wildman–Crippen MR) is 104 cm³/mol. The Bertz CT molecular complexity index is 660. The second-order valence-corrected chi connectivity index (χ2v) is 6.44. The fraction of sp³-hybridized carbons (Fsp3) is 0.412. The van der Waals surface area contributed by atoms with Gasteiger partial charge >= 0.3 is 0 Å². The monoisotopic (exact) mass is 387 g/mol. The number of thiazole rings is 1. The summed E-state index contributed by atoms with van der Waals surface area (Å²) in [6, 6.07) is 8.70. The van der Waals surface area contributed by atoms with E-state index in [2.05, 4.69) is 41.5 Å². The van der Waals surface area contributed by atoms with E-state index in [1.165, 1.54) is 22.5 Å². The number of nitrogens with zero attached hydrogens (tertiary/aromatic N) is 2. The van der Waals surface area contributed by atoms with Gasteiger partial charge in [0.2, 0.25) is 0 Å². The first kappa shape index (κ1) is 20.9. The Kier molecular flexibility index (Phi) is 8.16. The molecule has 0 aliphatic carbocycles. The van der Waals surface area contributed by atoms with Crippen molar-refractivity contribution in [2.75, 3.05) is 19.6 Å². The van der Waals surface area contributed by atoms with Crippen LogP contribution in [0.1, 0.15) is 39.5 Å². The molecular formula is C17H23Cl2N3OS. The zero-order valence-corrected chi connectivity index (χ0v) is 16.3. The number of amides is 1. The molecule has 24 heavy (non-hydrogen) atoms. The van der Waals surface area contributed by atoms with Crippen molar-refractivity contribution in [2.45, 2.75) is 26.3 Å². The summed E-state index contributed by atoms with van der Waals surface area (Å²) in [5.74, 6) is 0.103. The van der Waals surface area contributed by atoms with Crippen molar-refractivity contribution < 1.29 is 4.79 Å². The van der Waals surface area contributed by atoms with Crippen LogP contribution in [0.5, 0.6) is 0 Å². The van der Waals surface area contributed by atoms with E-state index in [9.17, 15) is 4.79 Å². The Morgan fingerprint density at radius 2 is 2.04 bits per heavy atom. The topological polar surface area (TPSA) is 45.2 Å². The van der Waals surface area contributed by atoms with Gasteiger partial charge in [-0.1, -0.05) is 31.2 Å². The highest BCUT2D eigenvalue weighted by Crippen LogP contribution is 2.26.